The van der Waals surface area contributed by atoms with E-state index in [1.54, 1.807) is 7.11 Å². The van der Waals surface area contributed by atoms with Gasteiger partial charge in [0, 0.05) is 31.2 Å². The first-order chi connectivity index (χ1) is 11.6. The van der Waals surface area contributed by atoms with Crippen molar-refractivity contribution in [2.75, 3.05) is 26.7 Å². The van der Waals surface area contributed by atoms with E-state index in [1.165, 1.54) is 0 Å². The molecule has 0 aliphatic carbocycles. The van der Waals surface area contributed by atoms with E-state index >= 15 is 0 Å². The Labute approximate surface area is 143 Å². The molecule has 0 saturated carbocycles. The molecule has 3 aliphatic heterocycles. The second-order valence-electron chi connectivity index (χ2n) is 6.75. The van der Waals surface area contributed by atoms with E-state index in [2.05, 4.69) is 6.92 Å². The third-order valence-corrected chi connectivity index (χ3v) is 5.14. The number of amides is 2. The summed E-state index contributed by atoms with van der Waals surface area (Å²) in [6, 6.07) is 7.81. The van der Waals surface area contributed by atoms with E-state index in [9.17, 15) is 9.59 Å². The smallest absolute Gasteiger partial charge is 0.227 e. The van der Waals surface area contributed by atoms with Gasteiger partial charge in [0.1, 0.15) is 5.75 Å². The number of fused-ring (bicyclic) bond motifs is 4. The molecule has 1 aromatic carbocycles. The third-order valence-electron chi connectivity index (χ3n) is 5.14. The van der Waals surface area contributed by atoms with E-state index in [0.717, 1.165) is 37.1 Å². The number of ether oxygens (including phenoxy) is 1. The van der Waals surface area contributed by atoms with E-state index in [0.29, 0.717) is 19.5 Å². The van der Waals surface area contributed by atoms with Gasteiger partial charge in [-0.1, -0.05) is 25.1 Å². The topological polar surface area (TPSA) is 49.9 Å². The maximum Gasteiger partial charge on any atom is 0.227 e. The monoisotopic (exact) mass is 330 g/mol. The van der Waals surface area contributed by atoms with Crippen molar-refractivity contribution < 1.29 is 14.3 Å². The van der Waals surface area contributed by atoms with Crippen LogP contribution in [0.2, 0.25) is 0 Å². The largest absolute Gasteiger partial charge is 0.496 e. The van der Waals surface area contributed by atoms with Crippen molar-refractivity contribution >= 4 is 11.8 Å². The summed E-state index contributed by atoms with van der Waals surface area (Å²) < 4.78 is 5.35. The fraction of sp³-hybridized carbons (Fsp3) is 0.579. The standard InChI is InChI=1S/C19H26N2O3/c1-3-10-21-16-9-8-15(19(21)23)12-20(13-16)18(22)11-14-6-4-5-7-17(14)24-2/h4-7,15-16H,3,8-13H2,1-2H3/t15-,16+/m1/s1. The fourth-order valence-corrected chi connectivity index (χ4v) is 3.90. The van der Waals surface area contributed by atoms with Crippen LogP contribution in [-0.2, 0) is 16.0 Å². The van der Waals surface area contributed by atoms with Crippen molar-refractivity contribution in [2.45, 2.75) is 38.6 Å². The van der Waals surface area contributed by atoms with Gasteiger partial charge in [-0.2, -0.15) is 0 Å². The molecule has 0 N–H and O–H groups in total. The Morgan fingerprint density at radius 2 is 2.04 bits per heavy atom. The summed E-state index contributed by atoms with van der Waals surface area (Å²) in [5, 5.41) is 0. The van der Waals surface area contributed by atoms with Gasteiger partial charge in [-0.3, -0.25) is 9.59 Å². The van der Waals surface area contributed by atoms with Gasteiger partial charge in [-0.15, -0.1) is 0 Å². The van der Waals surface area contributed by atoms with E-state index in [1.807, 2.05) is 34.1 Å². The van der Waals surface area contributed by atoms with Crippen LogP contribution >= 0.6 is 0 Å². The van der Waals surface area contributed by atoms with Crippen molar-refractivity contribution in [1.29, 1.82) is 0 Å². The molecule has 3 heterocycles. The highest BCUT2D eigenvalue weighted by molar-refractivity contribution is 5.84. The molecule has 3 saturated heterocycles. The molecule has 2 atom stereocenters. The molecule has 2 amide bonds. The second kappa shape index (κ2) is 7.24. The van der Waals surface area contributed by atoms with Gasteiger partial charge < -0.3 is 14.5 Å². The predicted molar refractivity (Wildman–Crippen MR) is 91.8 cm³/mol. The minimum atomic E-state index is -0.0306. The lowest BCUT2D eigenvalue weighted by molar-refractivity contribution is -0.139. The first kappa shape index (κ1) is 16.8. The van der Waals surface area contributed by atoms with Crippen molar-refractivity contribution in [3.63, 3.8) is 0 Å². The summed E-state index contributed by atoms with van der Waals surface area (Å²) in [5.74, 6) is 1.03. The highest BCUT2D eigenvalue weighted by Gasteiger charge is 2.41. The van der Waals surface area contributed by atoms with Crippen LogP contribution in [0, 0.1) is 5.92 Å². The average molecular weight is 330 g/mol. The van der Waals surface area contributed by atoms with Crippen molar-refractivity contribution in [1.82, 2.24) is 9.80 Å². The average Bonchev–Trinajstić information content (AvgIpc) is 2.88. The van der Waals surface area contributed by atoms with Gasteiger partial charge >= 0.3 is 0 Å². The summed E-state index contributed by atoms with van der Waals surface area (Å²) in [6.07, 6.45) is 3.20. The molecule has 3 aliphatic rings. The van der Waals surface area contributed by atoms with Gasteiger partial charge in [0.15, 0.2) is 0 Å². The lowest BCUT2D eigenvalue weighted by Crippen LogP contribution is -2.48. The van der Waals surface area contributed by atoms with Gasteiger partial charge in [0.25, 0.3) is 0 Å². The van der Waals surface area contributed by atoms with Gasteiger partial charge in [0.05, 0.1) is 19.4 Å². The number of hydrogen-bond acceptors (Lipinski definition) is 3. The third kappa shape index (κ3) is 3.25. The molecule has 24 heavy (non-hydrogen) atoms. The summed E-state index contributed by atoms with van der Waals surface area (Å²) in [6.45, 7) is 4.12. The maximum absolute atomic E-state index is 12.8. The zero-order chi connectivity index (χ0) is 17.1. The number of carbonyl (C=O) groups excluding carboxylic acids is 2. The number of piperidine rings is 1. The van der Waals surface area contributed by atoms with Crippen LogP contribution < -0.4 is 4.74 Å². The number of methoxy groups -OCH3 is 1. The first-order valence-electron chi connectivity index (χ1n) is 8.84. The molecule has 130 valence electrons. The molecular formula is C19H26N2O3. The Bertz CT molecular complexity index is 616. The quantitative estimate of drug-likeness (QED) is 0.831. The van der Waals surface area contributed by atoms with Gasteiger partial charge in [-0.05, 0) is 25.3 Å². The molecule has 4 rings (SSSR count). The van der Waals surface area contributed by atoms with E-state index < -0.39 is 0 Å². The van der Waals surface area contributed by atoms with Crippen LogP contribution in [0.25, 0.3) is 0 Å². The zero-order valence-corrected chi connectivity index (χ0v) is 14.5. The molecule has 5 heteroatoms. The van der Waals surface area contributed by atoms with Crippen molar-refractivity contribution in [3.8, 4) is 5.75 Å². The summed E-state index contributed by atoms with van der Waals surface area (Å²) in [5.41, 5.74) is 0.901. The molecule has 1 aromatic rings. The Morgan fingerprint density at radius 1 is 1.25 bits per heavy atom. The number of nitrogens with zero attached hydrogens (tertiary/aromatic N) is 2. The molecule has 0 aromatic heterocycles. The molecule has 5 nitrogen and oxygen atoms in total. The minimum absolute atomic E-state index is 0.0306. The molecule has 3 fully saturated rings. The molecule has 2 bridgehead atoms. The van der Waals surface area contributed by atoms with Crippen LogP contribution in [0.15, 0.2) is 24.3 Å². The van der Waals surface area contributed by atoms with Crippen molar-refractivity contribution in [2.24, 2.45) is 5.92 Å². The highest BCUT2D eigenvalue weighted by atomic mass is 16.5. The fourth-order valence-electron chi connectivity index (χ4n) is 3.90. The van der Waals surface area contributed by atoms with Gasteiger partial charge in [-0.25, -0.2) is 0 Å². The number of rotatable bonds is 5. The minimum Gasteiger partial charge on any atom is -0.496 e. The number of para-hydroxylation sites is 1. The number of hydrogen-bond donors (Lipinski definition) is 0. The van der Waals surface area contributed by atoms with Gasteiger partial charge in [0.2, 0.25) is 11.8 Å². The summed E-state index contributed by atoms with van der Waals surface area (Å²) in [7, 11) is 1.62. The van der Waals surface area contributed by atoms with Crippen LogP contribution in [0.3, 0.4) is 0 Å². The Kier molecular flexibility index (Phi) is 5.07. The first-order valence-corrected chi connectivity index (χ1v) is 8.84. The SMILES string of the molecule is CCCN1C(=O)[C@@H]2CC[C@H]1CN(C(=O)Cc1ccccc1OC)C2. The molecule has 0 spiro atoms. The summed E-state index contributed by atoms with van der Waals surface area (Å²) >= 11 is 0. The van der Waals surface area contributed by atoms with Crippen LogP contribution in [0.5, 0.6) is 5.75 Å². The molecule has 0 radical (unpaired) electrons. The van der Waals surface area contributed by atoms with E-state index in [4.69, 9.17) is 4.74 Å². The highest BCUT2D eigenvalue weighted by Crippen LogP contribution is 2.30. The normalized spacial score (nSPS) is 23.3. The number of benzene rings is 1. The van der Waals surface area contributed by atoms with Crippen molar-refractivity contribution in [3.05, 3.63) is 29.8 Å². The molecular weight excluding hydrogens is 304 g/mol. The van der Waals surface area contributed by atoms with Crippen LogP contribution in [0.4, 0.5) is 0 Å². The maximum atomic E-state index is 12.8. The lowest BCUT2D eigenvalue weighted by Gasteiger charge is -2.35. The molecule has 0 unspecified atom stereocenters. The Balaban J connectivity index is 1.73. The lowest BCUT2D eigenvalue weighted by atomic mass is 9.94. The number of carbonyl (C=O) groups is 2. The van der Waals surface area contributed by atoms with Crippen LogP contribution in [-0.4, -0.2) is 54.4 Å². The Morgan fingerprint density at radius 3 is 2.79 bits per heavy atom. The summed E-state index contributed by atoms with van der Waals surface area (Å²) in [4.78, 5) is 29.3. The second-order valence-corrected chi connectivity index (χ2v) is 6.75. The van der Waals surface area contributed by atoms with E-state index in [-0.39, 0.29) is 23.8 Å². The Hall–Kier alpha value is -2.04. The predicted octanol–water partition coefficient (Wildman–Crippen LogP) is 2.10. The zero-order valence-electron chi connectivity index (χ0n) is 14.5. The van der Waals surface area contributed by atoms with Crippen LogP contribution in [0.1, 0.15) is 31.7 Å².